The maximum atomic E-state index is 12.0. The minimum absolute atomic E-state index is 0.0584. The molecule has 0 N–H and O–H groups in total. The van der Waals surface area contributed by atoms with Gasteiger partial charge in [0.2, 0.25) is 5.91 Å². The number of nitrogens with zero attached hydrogens (tertiary/aromatic N) is 1. The summed E-state index contributed by atoms with van der Waals surface area (Å²) in [5, 5.41) is 0. The summed E-state index contributed by atoms with van der Waals surface area (Å²) < 4.78 is 0. The van der Waals surface area contributed by atoms with E-state index in [1.165, 1.54) is 0 Å². The van der Waals surface area contributed by atoms with Gasteiger partial charge in [0, 0.05) is 12.6 Å². The Morgan fingerprint density at radius 1 is 1.47 bits per heavy atom. The molecule has 0 bridgehead atoms. The molecule has 1 aliphatic heterocycles. The van der Waals surface area contributed by atoms with Crippen molar-refractivity contribution in [2.75, 3.05) is 6.54 Å². The van der Waals surface area contributed by atoms with Gasteiger partial charge in [-0.1, -0.05) is 42.6 Å². The standard InChI is InChI=1S/C12H22BrNO/c1-4-10(5-2)9(3)14-8-6-7-11(13)12(14)15/h9-11H,4-8H2,1-3H3. The van der Waals surface area contributed by atoms with Crippen molar-refractivity contribution in [2.45, 2.75) is 57.3 Å². The van der Waals surface area contributed by atoms with Gasteiger partial charge in [0.25, 0.3) is 0 Å². The number of carbonyl (C=O) groups excluding carboxylic acids is 1. The second-order valence-corrected chi connectivity index (χ2v) is 5.56. The van der Waals surface area contributed by atoms with E-state index in [0.717, 1.165) is 32.2 Å². The van der Waals surface area contributed by atoms with E-state index in [9.17, 15) is 4.79 Å². The van der Waals surface area contributed by atoms with E-state index in [-0.39, 0.29) is 4.83 Å². The molecule has 2 unspecified atom stereocenters. The summed E-state index contributed by atoms with van der Waals surface area (Å²) in [7, 11) is 0. The Labute approximate surface area is 102 Å². The number of rotatable bonds is 4. The lowest BCUT2D eigenvalue weighted by Gasteiger charge is -2.38. The fourth-order valence-corrected chi connectivity index (χ4v) is 3.07. The van der Waals surface area contributed by atoms with Gasteiger partial charge in [0.15, 0.2) is 0 Å². The Bertz CT molecular complexity index is 216. The lowest BCUT2D eigenvalue weighted by atomic mass is 9.92. The van der Waals surface area contributed by atoms with Crippen molar-refractivity contribution in [3.8, 4) is 0 Å². The summed E-state index contributed by atoms with van der Waals surface area (Å²) in [6, 6.07) is 0.396. The van der Waals surface area contributed by atoms with Crippen molar-refractivity contribution in [1.82, 2.24) is 4.90 Å². The van der Waals surface area contributed by atoms with E-state index in [1.807, 2.05) is 0 Å². The van der Waals surface area contributed by atoms with Gasteiger partial charge in [-0.05, 0) is 25.7 Å². The van der Waals surface area contributed by atoms with Crippen LogP contribution in [0.25, 0.3) is 0 Å². The van der Waals surface area contributed by atoms with Crippen LogP contribution in [0.3, 0.4) is 0 Å². The Morgan fingerprint density at radius 2 is 2.07 bits per heavy atom. The van der Waals surface area contributed by atoms with Gasteiger partial charge < -0.3 is 4.90 Å². The predicted octanol–water partition coefficient (Wildman–Crippen LogP) is 3.20. The molecule has 3 heteroatoms. The molecule has 0 radical (unpaired) electrons. The molecule has 0 saturated carbocycles. The molecule has 1 aliphatic rings. The first-order chi connectivity index (χ1) is 7.11. The number of hydrogen-bond donors (Lipinski definition) is 0. The Kier molecular flexibility index (Phi) is 5.10. The number of likely N-dealkylation sites (tertiary alicyclic amines) is 1. The zero-order valence-electron chi connectivity index (χ0n) is 10.0. The largest absolute Gasteiger partial charge is 0.339 e. The van der Waals surface area contributed by atoms with Crippen molar-refractivity contribution in [3.05, 3.63) is 0 Å². The van der Waals surface area contributed by atoms with Crippen molar-refractivity contribution in [3.63, 3.8) is 0 Å². The predicted molar refractivity (Wildman–Crippen MR) is 67.2 cm³/mol. The van der Waals surface area contributed by atoms with Gasteiger partial charge in [-0.3, -0.25) is 4.79 Å². The number of halogens is 1. The highest BCUT2D eigenvalue weighted by Crippen LogP contribution is 2.25. The van der Waals surface area contributed by atoms with E-state index in [2.05, 4.69) is 41.6 Å². The van der Waals surface area contributed by atoms with Gasteiger partial charge in [0.05, 0.1) is 4.83 Å². The molecule has 0 spiro atoms. The fraction of sp³-hybridized carbons (Fsp3) is 0.917. The Balaban J connectivity index is 2.64. The van der Waals surface area contributed by atoms with Crippen LogP contribution in [0.2, 0.25) is 0 Å². The molecule has 0 aromatic heterocycles. The zero-order chi connectivity index (χ0) is 11.4. The molecule has 1 saturated heterocycles. The van der Waals surface area contributed by atoms with Crippen molar-refractivity contribution in [2.24, 2.45) is 5.92 Å². The lowest BCUT2D eigenvalue weighted by Crippen LogP contribution is -2.49. The second kappa shape index (κ2) is 5.88. The molecule has 1 heterocycles. The first-order valence-corrected chi connectivity index (χ1v) is 6.97. The van der Waals surface area contributed by atoms with Crippen LogP contribution in [-0.2, 0) is 4.79 Å². The number of carbonyl (C=O) groups is 1. The second-order valence-electron chi connectivity index (χ2n) is 4.46. The maximum Gasteiger partial charge on any atom is 0.236 e. The van der Waals surface area contributed by atoms with Crippen LogP contribution in [0.1, 0.15) is 46.5 Å². The topological polar surface area (TPSA) is 20.3 Å². The first-order valence-electron chi connectivity index (χ1n) is 6.06. The third kappa shape index (κ3) is 2.96. The van der Waals surface area contributed by atoms with E-state index < -0.39 is 0 Å². The smallest absolute Gasteiger partial charge is 0.236 e. The van der Waals surface area contributed by atoms with Crippen molar-refractivity contribution >= 4 is 21.8 Å². The molecule has 2 atom stereocenters. The van der Waals surface area contributed by atoms with Crippen LogP contribution >= 0.6 is 15.9 Å². The van der Waals surface area contributed by atoms with E-state index in [0.29, 0.717) is 17.9 Å². The average molecular weight is 276 g/mol. The highest BCUT2D eigenvalue weighted by atomic mass is 79.9. The molecule has 1 rings (SSSR count). The highest BCUT2D eigenvalue weighted by Gasteiger charge is 2.31. The molecular formula is C12H22BrNO. The van der Waals surface area contributed by atoms with Gasteiger partial charge in [-0.15, -0.1) is 0 Å². The molecule has 0 aliphatic carbocycles. The zero-order valence-corrected chi connectivity index (χ0v) is 11.6. The number of alkyl halides is 1. The minimum Gasteiger partial charge on any atom is -0.339 e. The highest BCUT2D eigenvalue weighted by molar-refractivity contribution is 9.10. The van der Waals surface area contributed by atoms with Gasteiger partial charge in [-0.25, -0.2) is 0 Å². The van der Waals surface area contributed by atoms with Crippen molar-refractivity contribution in [1.29, 1.82) is 0 Å². The van der Waals surface area contributed by atoms with Crippen LogP contribution in [0, 0.1) is 5.92 Å². The molecule has 88 valence electrons. The Hall–Kier alpha value is -0.0500. The van der Waals surface area contributed by atoms with Gasteiger partial charge in [0.1, 0.15) is 0 Å². The summed E-state index contributed by atoms with van der Waals surface area (Å²) in [5.74, 6) is 0.937. The normalized spacial score (nSPS) is 24.7. The van der Waals surface area contributed by atoms with Gasteiger partial charge in [-0.2, -0.15) is 0 Å². The molecule has 0 aromatic rings. The van der Waals surface area contributed by atoms with Crippen LogP contribution < -0.4 is 0 Å². The molecule has 2 nitrogen and oxygen atoms in total. The van der Waals surface area contributed by atoms with Crippen LogP contribution in [-0.4, -0.2) is 28.2 Å². The fourth-order valence-electron chi connectivity index (χ4n) is 2.48. The monoisotopic (exact) mass is 275 g/mol. The maximum absolute atomic E-state index is 12.0. The molecule has 15 heavy (non-hydrogen) atoms. The molecular weight excluding hydrogens is 254 g/mol. The average Bonchev–Trinajstić information content (AvgIpc) is 2.23. The van der Waals surface area contributed by atoms with Crippen LogP contribution in [0.15, 0.2) is 0 Å². The first kappa shape index (κ1) is 13.0. The van der Waals surface area contributed by atoms with E-state index in [1.54, 1.807) is 0 Å². The summed E-state index contributed by atoms with van der Waals surface area (Å²) >= 11 is 3.46. The Morgan fingerprint density at radius 3 is 2.60 bits per heavy atom. The summed E-state index contributed by atoms with van der Waals surface area (Å²) in [4.78, 5) is 14.1. The minimum atomic E-state index is 0.0584. The quantitative estimate of drug-likeness (QED) is 0.722. The molecule has 1 amide bonds. The number of piperidine rings is 1. The van der Waals surface area contributed by atoms with E-state index in [4.69, 9.17) is 0 Å². The van der Waals surface area contributed by atoms with Gasteiger partial charge >= 0.3 is 0 Å². The van der Waals surface area contributed by atoms with E-state index >= 15 is 0 Å². The molecule has 1 fully saturated rings. The number of hydrogen-bond acceptors (Lipinski definition) is 1. The van der Waals surface area contributed by atoms with Crippen LogP contribution in [0.4, 0.5) is 0 Å². The SMILES string of the molecule is CCC(CC)C(C)N1CCCC(Br)C1=O. The third-order valence-electron chi connectivity index (χ3n) is 3.63. The van der Waals surface area contributed by atoms with Crippen LogP contribution in [0.5, 0.6) is 0 Å². The lowest BCUT2D eigenvalue weighted by molar-refractivity contribution is -0.135. The third-order valence-corrected chi connectivity index (χ3v) is 4.48. The summed E-state index contributed by atoms with van der Waals surface area (Å²) in [5.41, 5.74) is 0. The molecule has 0 aromatic carbocycles. The summed E-state index contributed by atoms with van der Waals surface area (Å²) in [6.45, 7) is 7.56. The van der Waals surface area contributed by atoms with Crippen molar-refractivity contribution < 1.29 is 4.79 Å². The number of amides is 1. The summed E-state index contributed by atoms with van der Waals surface area (Å²) in [6.07, 6.45) is 4.44.